The lowest BCUT2D eigenvalue weighted by molar-refractivity contribution is -0.117. The van der Waals surface area contributed by atoms with Crippen LogP contribution in [-0.2, 0) is 18.4 Å². The number of carbonyl (C=O) groups is 2. The van der Waals surface area contributed by atoms with Gasteiger partial charge in [-0.1, -0.05) is 18.2 Å². The Balaban J connectivity index is 1.85. The zero-order chi connectivity index (χ0) is 21.6. The molecule has 7 nitrogen and oxygen atoms in total. The molecule has 1 aromatic carbocycles. The van der Waals surface area contributed by atoms with Gasteiger partial charge in [0.1, 0.15) is 23.2 Å². The van der Waals surface area contributed by atoms with Crippen LogP contribution in [0.3, 0.4) is 0 Å². The average molecular weight is 406 g/mol. The Morgan fingerprint density at radius 1 is 1.13 bits per heavy atom. The van der Waals surface area contributed by atoms with E-state index in [4.69, 9.17) is 4.74 Å². The number of benzene rings is 1. The Kier molecular flexibility index (Phi) is 4.89. The summed E-state index contributed by atoms with van der Waals surface area (Å²) >= 11 is 0. The summed E-state index contributed by atoms with van der Waals surface area (Å²) < 4.78 is 8.97. The van der Waals surface area contributed by atoms with Crippen molar-refractivity contribution in [2.24, 2.45) is 7.05 Å². The molecular weight excluding hydrogens is 384 g/mol. The van der Waals surface area contributed by atoms with Gasteiger partial charge in [0.15, 0.2) is 5.78 Å². The molecule has 0 aliphatic carbocycles. The van der Waals surface area contributed by atoms with Gasteiger partial charge in [-0.3, -0.25) is 19.2 Å². The minimum atomic E-state index is -0.794. The van der Waals surface area contributed by atoms with E-state index in [-0.39, 0.29) is 47.8 Å². The van der Waals surface area contributed by atoms with Gasteiger partial charge < -0.3 is 13.9 Å². The van der Waals surface area contributed by atoms with Crippen molar-refractivity contribution in [2.45, 2.75) is 39.3 Å². The zero-order valence-electron chi connectivity index (χ0n) is 17.1. The number of nitrogens with zero attached hydrogens (tertiary/aromatic N) is 2. The number of ether oxygens (including phenoxy) is 1. The molecule has 1 aliphatic heterocycles. The molecule has 1 aliphatic rings. The third kappa shape index (κ3) is 3.26. The molecule has 4 rings (SSSR count). The molecular formula is C23H22N2O5. The maximum Gasteiger partial charge on any atom is 0.265 e. The molecule has 3 aromatic rings. The average Bonchev–Trinajstić information content (AvgIpc) is 2.70. The van der Waals surface area contributed by atoms with E-state index in [0.29, 0.717) is 11.3 Å². The highest BCUT2D eigenvalue weighted by Crippen LogP contribution is 2.33. The van der Waals surface area contributed by atoms with Crippen LogP contribution >= 0.6 is 0 Å². The van der Waals surface area contributed by atoms with Crippen molar-refractivity contribution in [2.75, 3.05) is 0 Å². The third-order valence-electron chi connectivity index (χ3n) is 5.62. The number of aromatic nitrogens is 2. The lowest BCUT2D eigenvalue weighted by Gasteiger charge is -2.26. The highest BCUT2D eigenvalue weighted by Gasteiger charge is 2.33. The van der Waals surface area contributed by atoms with Gasteiger partial charge in [0.05, 0.1) is 17.5 Å². The topological polar surface area (TPSA) is 87.4 Å². The highest BCUT2D eigenvalue weighted by atomic mass is 16.5. The Hall–Kier alpha value is -3.48. The van der Waals surface area contributed by atoms with Crippen LogP contribution in [0.25, 0.3) is 10.9 Å². The normalized spacial score (nSPS) is 15.7. The third-order valence-corrected chi connectivity index (χ3v) is 5.62. The van der Waals surface area contributed by atoms with Crippen molar-refractivity contribution in [1.82, 2.24) is 9.13 Å². The SMILES string of the molecule is CC(=O)CCn1c(=O)c(C2CC(=O)c3c(cc(C)n(C)c3=O)O2)cc2ccccc21. The van der Waals surface area contributed by atoms with Crippen LogP contribution < -0.4 is 15.9 Å². The number of Topliss-reactive ketones (excluding diaryl/α,β-unsaturated/α-hetero) is 2. The van der Waals surface area contributed by atoms with E-state index >= 15 is 0 Å². The first-order valence-corrected chi connectivity index (χ1v) is 9.80. The number of ketones is 2. The number of hydrogen-bond donors (Lipinski definition) is 0. The lowest BCUT2D eigenvalue weighted by Crippen LogP contribution is -2.35. The predicted molar refractivity (Wildman–Crippen MR) is 112 cm³/mol. The molecule has 0 N–H and O–H groups in total. The van der Waals surface area contributed by atoms with Gasteiger partial charge in [0.25, 0.3) is 11.1 Å². The molecule has 2 aromatic heterocycles. The van der Waals surface area contributed by atoms with Gasteiger partial charge in [-0.05, 0) is 31.4 Å². The molecule has 0 saturated heterocycles. The number of rotatable bonds is 4. The van der Waals surface area contributed by atoms with Gasteiger partial charge in [-0.2, -0.15) is 0 Å². The Morgan fingerprint density at radius 2 is 1.87 bits per heavy atom. The standard InChI is InChI=1S/C23H22N2O5/c1-13-10-20-21(23(29)24(13)3)18(27)12-19(30-20)16-11-15-6-4-5-7-17(15)25(22(16)28)9-8-14(2)26/h4-7,10-11,19H,8-9,12H2,1-3H3. The Morgan fingerprint density at radius 3 is 2.60 bits per heavy atom. The molecule has 0 radical (unpaired) electrons. The zero-order valence-corrected chi connectivity index (χ0v) is 17.1. The second-order valence-electron chi connectivity index (χ2n) is 7.69. The van der Waals surface area contributed by atoms with Crippen molar-refractivity contribution in [3.05, 3.63) is 73.9 Å². The van der Waals surface area contributed by atoms with Gasteiger partial charge >= 0.3 is 0 Å². The first kappa shape index (κ1) is 19.8. The lowest BCUT2D eigenvalue weighted by atomic mass is 9.96. The van der Waals surface area contributed by atoms with E-state index in [1.807, 2.05) is 24.3 Å². The number of aryl methyl sites for hydroxylation is 2. The Labute approximate surface area is 172 Å². The van der Waals surface area contributed by atoms with Crippen LogP contribution in [0, 0.1) is 6.92 Å². The van der Waals surface area contributed by atoms with Crippen LogP contribution in [-0.4, -0.2) is 20.7 Å². The monoisotopic (exact) mass is 406 g/mol. The van der Waals surface area contributed by atoms with E-state index in [1.165, 1.54) is 11.5 Å². The molecule has 0 amide bonds. The van der Waals surface area contributed by atoms with Gasteiger partial charge in [-0.25, -0.2) is 0 Å². The van der Waals surface area contributed by atoms with Gasteiger partial charge in [-0.15, -0.1) is 0 Å². The molecule has 3 heterocycles. The minimum absolute atomic E-state index is 0.0132. The summed E-state index contributed by atoms with van der Waals surface area (Å²) in [6, 6.07) is 10.8. The molecule has 0 fully saturated rings. The smallest absolute Gasteiger partial charge is 0.265 e. The molecule has 7 heteroatoms. The van der Waals surface area contributed by atoms with E-state index < -0.39 is 11.7 Å². The summed E-state index contributed by atoms with van der Waals surface area (Å²) in [6.45, 7) is 3.49. The van der Waals surface area contributed by atoms with Crippen LogP contribution in [0.1, 0.15) is 47.5 Å². The molecule has 30 heavy (non-hydrogen) atoms. The second-order valence-corrected chi connectivity index (χ2v) is 7.69. The summed E-state index contributed by atoms with van der Waals surface area (Å²) in [6.07, 6.45) is -0.654. The van der Waals surface area contributed by atoms with E-state index in [9.17, 15) is 19.2 Å². The number of hydrogen-bond acceptors (Lipinski definition) is 5. The molecule has 0 saturated carbocycles. The van der Waals surface area contributed by atoms with Crippen molar-refractivity contribution in [3.8, 4) is 5.75 Å². The van der Waals surface area contributed by atoms with E-state index in [1.54, 1.807) is 30.7 Å². The molecule has 0 bridgehead atoms. The van der Waals surface area contributed by atoms with Crippen molar-refractivity contribution in [1.29, 1.82) is 0 Å². The van der Waals surface area contributed by atoms with E-state index in [0.717, 1.165) is 10.9 Å². The molecule has 1 unspecified atom stereocenters. The largest absolute Gasteiger partial charge is 0.484 e. The van der Waals surface area contributed by atoms with Gasteiger partial charge in [0.2, 0.25) is 0 Å². The summed E-state index contributed by atoms with van der Waals surface area (Å²) in [7, 11) is 1.61. The number of fused-ring (bicyclic) bond motifs is 2. The fourth-order valence-electron chi connectivity index (χ4n) is 3.85. The summed E-state index contributed by atoms with van der Waals surface area (Å²) in [5.74, 6) is -0.148. The summed E-state index contributed by atoms with van der Waals surface area (Å²) in [5.41, 5.74) is 1.05. The first-order valence-electron chi connectivity index (χ1n) is 9.80. The summed E-state index contributed by atoms with van der Waals surface area (Å²) in [4.78, 5) is 50.1. The molecule has 0 spiro atoms. The van der Waals surface area contributed by atoms with Crippen LogP contribution in [0.15, 0.2) is 46.0 Å². The van der Waals surface area contributed by atoms with Crippen LogP contribution in [0.5, 0.6) is 5.75 Å². The fourth-order valence-corrected chi connectivity index (χ4v) is 3.85. The predicted octanol–water partition coefficient (Wildman–Crippen LogP) is 2.69. The minimum Gasteiger partial charge on any atom is -0.484 e. The molecule has 154 valence electrons. The maximum atomic E-state index is 13.3. The first-order chi connectivity index (χ1) is 14.3. The number of para-hydroxylation sites is 1. The van der Waals surface area contributed by atoms with E-state index in [2.05, 4.69) is 0 Å². The fraction of sp³-hybridized carbons (Fsp3) is 0.304. The van der Waals surface area contributed by atoms with Crippen molar-refractivity contribution < 1.29 is 14.3 Å². The van der Waals surface area contributed by atoms with Crippen molar-refractivity contribution >= 4 is 22.5 Å². The van der Waals surface area contributed by atoms with Crippen LogP contribution in [0.2, 0.25) is 0 Å². The van der Waals surface area contributed by atoms with Gasteiger partial charge in [0, 0.05) is 31.8 Å². The summed E-state index contributed by atoms with van der Waals surface area (Å²) in [5, 5.41) is 0.817. The van der Waals surface area contributed by atoms with Crippen molar-refractivity contribution in [3.63, 3.8) is 0 Å². The second kappa shape index (κ2) is 7.40. The highest BCUT2D eigenvalue weighted by molar-refractivity contribution is 5.99. The Bertz CT molecular complexity index is 1320. The maximum absolute atomic E-state index is 13.3. The number of pyridine rings is 2. The number of carbonyl (C=O) groups excluding carboxylic acids is 2. The van der Waals surface area contributed by atoms with Crippen LogP contribution in [0.4, 0.5) is 0 Å². The quantitative estimate of drug-likeness (QED) is 0.665. The molecule has 1 atom stereocenters.